The molecular weight excluding hydrogens is 420 g/mol. The van der Waals surface area contributed by atoms with E-state index >= 15 is 0 Å². The Morgan fingerprint density at radius 3 is 2.43 bits per heavy atom. The molecule has 2 aromatic carbocycles. The SMILES string of the molecule is O=C1CCc2cc(S(=O)(=O)N3CCCCC(c4ccc(Cl)cc4)C3)cc3c2N1CC3. The first kappa shape index (κ1) is 20.0. The first-order valence-corrected chi connectivity index (χ1v) is 12.5. The molecule has 158 valence electrons. The third-order valence-electron chi connectivity index (χ3n) is 6.64. The topological polar surface area (TPSA) is 57.7 Å². The van der Waals surface area contributed by atoms with Gasteiger partial charge in [0.05, 0.1) is 10.6 Å². The van der Waals surface area contributed by atoms with Gasteiger partial charge in [-0.1, -0.05) is 30.2 Å². The lowest BCUT2D eigenvalue weighted by molar-refractivity contribution is -0.118. The van der Waals surface area contributed by atoms with Crippen LogP contribution in [0.4, 0.5) is 5.69 Å². The van der Waals surface area contributed by atoms with E-state index in [1.165, 1.54) is 0 Å². The van der Waals surface area contributed by atoms with Gasteiger partial charge >= 0.3 is 0 Å². The molecule has 30 heavy (non-hydrogen) atoms. The molecule has 3 heterocycles. The van der Waals surface area contributed by atoms with E-state index in [9.17, 15) is 13.2 Å². The van der Waals surface area contributed by atoms with E-state index in [2.05, 4.69) is 0 Å². The number of halogens is 1. The lowest BCUT2D eigenvalue weighted by Crippen LogP contribution is -2.35. The predicted molar refractivity (Wildman–Crippen MR) is 118 cm³/mol. The van der Waals surface area contributed by atoms with Crippen molar-refractivity contribution in [2.75, 3.05) is 24.5 Å². The Morgan fingerprint density at radius 2 is 1.67 bits per heavy atom. The average molecular weight is 445 g/mol. The molecule has 5 nitrogen and oxygen atoms in total. The van der Waals surface area contributed by atoms with Crippen molar-refractivity contribution in [1.82, 2.24) is 4.31 Å². The van der Waals surface area contributed by atoms with Gasteiger partial charge in [0.25, 0.3) is 0 Å². The van der Waals surface area contributed by atoms with Crippen molar-refractivity contribution < 1.29 is 13.2 Å². The molecule has 1 unspecified atom stereocenters. The fourth-order valence-electron chi connectivity index (χ4n) is 5.06. The van der Waals surface area contributed by atoms with Gasteiger partial charge in [-0.15, -0.1) is 0 Å². The van der Waals surface area contributed by atoms with Crippen molar-refractivity contribution in [2.24, 2.45) is 0 Å². The quantitative estimate of drug-likeness (QED) is 0.715. The van der Waals surface area contributed by atoms with Crippen molar-refractivity contribution in [2.45, 2.75) is 49.3 Å². The fraction of sp³-hybridized carbons (Fsp3) is 0.435. The van der Waals surface area contributed by atoms with E-state index in [-0.39, 0.29) is 11.8 Å². The normalized spacial score (nSPS) is 22.1. The second-order valence-corrected chi connectivity index (χ2v) is 10.9. The van der Waals surface area contributed by atoms with Gasteiger partial charge in [0.15, 0.2) is 0 Å². The minimum absolute atomic E-state index is 0.148. The molecular formula is C23H25ClN2O3S. The van der Waals surface area contributed by atoms with E-state index in [1.54, 1.807) is 16.4 Å². The third-order valence-corrected chi connectivity index (χ3v) is 8.73. The van der Waals surface area contributed by atoms with Crippen molar-refractivity contribution in [3.63, 3.8) is 0 Å². The molecule has 0 saturated carbocycles. The number of anilines is 1. The van der Waals surface area contributed by atoms with Crippen molar-refractivity contribution in [3.8, 4) is 0 Å². The van der Waals surface area contributed by atoms with Crippen LogP contribution in [0.25, 0.3) is 0 Å². The van der Waals surface area contributed by atoms with Crippen LogP contribution in [0.15, 0.2) is 41.3 Å². The summed E-state index contributed by atoms with van der Waals surface area (Å²) in [5, 5.41) is 0.691. The first-order chi connectivity index (χ1) is 14.4. The highest BCUT2D eigenvalue weighted by molar-refractivity contribution is 7.89. The van der Waals surface area contributed by atoms with Gasteiger partial charge in [-0.25, -0.2) is 8.42 Å². The lowest BCUT2D eigenvalue weighted by atomic mass is 9.95. The van der Waals surface area contributed by atoms with Gasteiger partial charge in [-0.2, -0.15) is 4.31 Å². The maximum absolute atomic E-state index is 13.6. The Bertz CT molecular complexity index is 1100. The van der Waals surface area contributed by atoms with Gasteiger partial charge in [-0.3, -0.25) is 4.79 Å². The summed E-state index contributed by atoms with van der Waals surface area (Å²) in [5.41, 5.74) is 4.08. The number of aryl methyl sites for hydroxylation is 1. The maximum Gasteiger partial charge on any atom is 0.243 e. The molecule has 3 aliphatic rings. The number of carbonyl (C=O) groups excluding carboxylic acids is 1. The number of nitrogens with zero attached hydrogens (tertiary/aromatic N) is 2. The Kier molecular flexibility index (Phi) is 5.12. The summed E-state index contributed by atoms with van der Waals surface area (Å²) >= 11 is 6.03. The average Bonchev–Trinajstić information content (AvgIpc) is 3.01. The number of hydrogen-bond acceptors (Lipinski definition) is 3. The van der Waals surface area contributed by atoms with Gasteiger partial charge in [-0.05, 0) is 72.6 Å². The van der Waals surface area contributed by atoms with E-state index in [0.29, 0.717) is 42.4 Å². The molecule has 3 aliphatic heterocycles. The second kappa shape index (κ2) is 7.66. The Balaban J connectivity index is 1.47. The largest absolute Gasteiger partial charge is 0.312 e. The van der Waals surface area contributed by atoms with Crippen molar-refractivity contribution in [3.05, 3.63) is 58.1 Å². The number of amides is 1. The number of carbonyl (C=O) groups is 1. The standard InChI is InChI=1S/C23H25ClN2O3S/c24-20-7-4-16(5-8-20)19-3-1-2-11-25(15-19)30(28,29)21-13-17-6-9-22(27)26-12-10-18(14-21)23(17)26/h4-5,7-8,13-14,19H,1-3,6,9-12,15H2. The molecule has 0 bridgehead atoms. The molecule has 1 amide bonds. The Morgan fingerprint density at radius 1 is 0.933 bits per heavy atom. The summed E-state index contributed by atoms with van der Waals surface area (Å²) in [5.74, 6) is 0.315. The Labute approximate surface area is 182 Å². The first-order valence-electron chi connectivity index (χ1n) is 10.7. The zero-order valence-electron chi connectivity index (χ0n) is 16.8. The fourth-order valence-corrected chi connectivity index (χ4v) is 6.81. The van der Waals surface area contributed by atoms with Crippen LogP contribution in [-0.4, -0.2) is 38.3 Å². The van der Waals surface area contributed by atoms with E-state index in [0.717, 1.165) is 48.1 Å². The summed E-state index contributed by atoms with van der Waals surface area (Å²) < 4.78 is 28.9. The van der Waals surface area contributed by atoms with Crippen LogP contribution < -0.4 is 4.90 Å². The summed E-state index contributed by atoms with van der Waals surface area (Å²) in [6.07, 6.45) is 4.65. The molecule has 1 saturated heterocycles. The molecule has 2 aromatic rings. The van der Waals surface area contributed by atoms with Crippen molar-refractivity contribution in [1.29, 1.82) is 0 Å². The zero-order chi connectivity index (χ0) is 20.9. The molecule has 0 aromatic heterocycles. The van der Waals surface area contributed by atoms with Crippen LogP contribution in [0.3, 0.4) is 0 Å². The van der Waals surface area contributed by atoms with Crippen LogP contribution in [0.2, 0.25) is 5.02 Å². The highest BCUT2D eigenvalue weighted by Crippen LogP contribution is 2.39. The van der Waals surface area contributed by atoms with Crippen LogP contribution in [0.5, 0.6) is 0 Å². The molecule has 5 rings (SSSR count). The molecule has 1 fully saturated rings. The van der Waals surface area contributed by atoms with E-state index in [1.807, 2.05) is 29.2 Å². The van der Waals surface area contributed by atoms with Gasteiger partial charge in [0.2, 0.25) is 15.9 Å². The predicted octanol–water partition coefficient (Wildman–Crippen LogP) is 4.13. The monoisotopic (exact) mass is 444 g/mol. The number of benzene rings is 2. The lowest BCUT2D eigenvalue weighted by Gasteiger charge is -2.27. The summed E-state index contributed by atoms with van der Waals surface area (Å²) in [4.78, 5) is 14.4. The van der Waals surface area contributed by atoms with Gasteiger partial charge in [0.1, 0.15) is 0 Å². The second-order valence-electron chi connectivity index (χ2n) is 8.49. The van der Waals surface area contributed by atoms with Gasteiger partial charge in [0, 0.05) is 31.1 Å². The minimum atomic E-state index is -3.59. The van der Waals surface area contributed by atoms with Crippen LogP contribution >= 0.6 is 11.6 Å². The Hall–Kier alpha value is -1.89. The molecule has 0 aliphatic carbocycles. The number of rotatable bonds is 3. The molecule has 1 atom stereocenters. The molecule has 0 spiro atoms. The number of hydrogen-bond donors (Lipinski definition) is 0. The zero-order valence-corrected chi connectivity index (χ0v) is 18.4. The highest BCUT2D eigenvalue weighted by Gasteiger charge is 2.35. The van der Waals surface area contributed by atoms with Gasteiger partial charge < -0.3 is 4.90 Å². The smallest absolute Gasteiger partial charge is 0.243 e. The molecule has 0 radical (unpaired) electrons. The molecule has 7 heteroatoms. The van der Waals surface area contributed by atoms with Crippen LogP contribution in [0.1, 0.15) is 48.3 Å². The summed E-state index contributed by atoms with van der Waals surface area (Å²) in [7, 11) is -3.59. The molecule has 0 N–H and O–H groups in total. The number of sulfonamides is 1. The minimum Gasteiger partial charge on any atom is -0.312 e. The van der Waals surface area contributed by atoms with Crippen LogP contribution in [0, 0.1) is 0 Å². The van der Waals surface area contributed by atoms with Crippen LogP contribution in [-0.2, 0) is 27.7 Å². The maximum atomic E-state index is 13.6. The summed E-state index contributed by atoms with van der Waals surface area (Å²) in [6.45, 7) is 1.69. The highest BCUT2D eigenvalue weighted by atomic mass is 35.5. The summed E-state index contributed by atoms with van der Waals surface area (Å²) in [6, 6.07) is 11.4. The van der Waals surface area contributed by atoms with E-state index in [4.69, 9.17) is 11.6 Å². The third kappa shape index (κ3) is 3.45. The van der Waals surface area contributed by atoms with Crippen molar-refractivity contribution >= 4 is 33.2 Å². The van der Waals surface area contributed by atoms with E-state index < -0.39 is 10.0 Å².